The van der Waals surface area contributed by atoms with Crippen LogP contribution in [0.25, 0.3) is 21.9 Å². The van der Waals surface area contributed by atoms with Gasteiger partial charge in [0.05, 0.1) is 19.2 Å². The number of rotatable bonds is 5. The van der Waals surface area contributed by atoms with Crippen LogP contribution < -0.4 is 0 Å². The zero-order chi connectivity index (χ0) is 17.9. The quantitative estimate of drug-likeness (QED) is 0.767. The van der Waals surface area contributed by atoms with E-state index in [-0.39, 0.29) is 5.78 Å². The average Bonchev–Trinajstić information content (AvgIpc) is 3.18. The highest BCUT2D eigenvalue weighted by Crippen LogP contribution is 2.24. The summed E-state index contributed by atoms with van der Waals surface area (Å²) < 4.78 is 0. The van der Waals surface area contributed by atoms with Crippen LogP contribution in [-0.4, -0.2) is 45.5 Å². The van der Waals surface area contributed by atoms with Gasteiger partial charge < -0.3 is 0 Å². The summed E-state index contributed by atoms with van der Waals surface area (Å²) in [6.45, 7) is 4.90. The topological polar surface area (TPSA) is 61.9 Å². The second kappa shape index (κ2) is 7.38. The third kappa shape index (κ3) is 3.83. The van der Waals surface area contributed by atoms with Crippen molar-refractivity contribution in [1.82, 2.24) is 20.1 Å². The van der Waals surface area contributed by atoms with Crippen LogP contribution in [-0.2, 0) is 11.2 Å². The maximum absolute atomic E-state index is 12.5. The number of pyridine rings is 1. The van der Waals surface area contributed by atoms with Gasteiger partial charge in [-0.25, -0.2) is 0 Å². The van der Waals surface area contributed by atoms with Gasteiger partial charge in [-0.15, -0.1) is 0 Å². The number of fused-ring (bicyclic) bond motifs is 1. The summed E-state index contributed by atoms with van der Waals surface area (Å²) in [5.41, 5.74) is 3.01. The predicted molar refractivity (Wildman–Crippen MR) is 103 cm³/mol. The van der Waals surface area contributed by atoms with E-state index in [2.05, 4.69) is 45.2 Å². The lowest BCUT2D eigenvalue weighted by Crippen LogP contribution is -2.37. The zero-order valence-corrected chi connectivity index (χ0v) is 15.1. The van der Waals surface area contributed by atoms with Crippen molar-refractivity contribution in [1.29, 1.82) is 0 Å². The van der Waals surface area contributed by atoms with Crippen LogP contribution in [0.1, 0.15) is 25.5 Å². The molecule has 1 fully saturated rings. The Hall–Kier alpha value is -2.53. The Morgan fingerprint density at radius 1 is 1.15 bits per heavy atom. The summed E-state index contributed by atoms with van der Waals surface area (Å²) in [7, 11) is 0. The summed E-state index contributed by atoms with van der Waals surface area (Å²) in [5, 5.41) is 9.04. The molecular formula is C21H24N4O. The van der Waals surface area contributed by atoms with Crippen molar-refractivity contribution in [3.05, 3.63) is 48.5 Å². The molecule has 26 heavy (non-hydrogen) atoms. The molecule has 0 atom stereocenters. The van der Waals surface area contributed by atoms with Crippen LogP contribution in [0.15, 0.2) is 42.9 Å². The normalized spacial score (nSPS) is 16.2. The first-order chi connectivity index (χ1) is 12.7. The maximum atomic E-state index is 12.5. The Kier molecular flexibility index (Phi) is 4.80. The SMILES string of the molecule is CC1CCN(CC(=O)Cc2cc3cc(-c4cn[nH]c4)ccc3cn2)CC1. The van der Waals surface area contributed by atoms with Gasteiger partial charge in [0, 0.05) is 29.0 Å². The van der Waals surface area contributed by atoms with E-state index in [0.29, 0.717) is 13.0 Å². The van der Waals surface area contributed by atoms with E-state index in [1.807, 2.05) is 24.7 Å². The maximum Gasteiger partial charge on any atom is 0.152 e. The average molecular weight is 348 g/mol. The fourth-order valence-corrected chi connectivity index (χ4v) is 3.60. The summed E-state index contributed by atoms with van der Waals surface area (Å²) in [6.07, 6.45) is 8.34. The van der Waals surface area contributed by atoms with E-state index in [1.165, 1.54) is 12.8 Å². The van der Waals surface area contributed by atoms with Crippen molar-refractivity contribution in [2.45, 2.75) is 26.2 Å². The number of carbonyl (C=O) groups is 1. The number of Topliss-reactive ketones (excluding diaryl/α,β-unsaturated/α-hetero) is 1. The standard InChI is InChI=1S/C21H24N4O/c1-15-4-6-25(7-5-15)14-21(26)10-20-9-18-8-16(19-12-23-24-13-19)2-3-17(18)11-22-20/h2-3,8-9,11-13,15H,4-7,10,14H2,1H3,(H,23,24). The molecule has 0 aliphatic carbocycles. The van der Waals surface area contributed by atoms with Gasteiger partial charge in [0.1, 0.15) is 0 Å². The molecule has 1 aliphatic rings. The van der Waals surface area contributed by atoms with Gasteiger partial charge in [-0.1, -0.05) is 19.1 Å². The molecule has 0 unspecified atom stereocenters. The van der Waals surface area contributed by atoms with E-state index in [0.717, 1.165) is 46.6 Å². The second-order valence-electron chi connectivity index (χ2n) is 7.40. The van der Waals surface area contributed by atoms with Crippen molar-refractivity contribution >= 4 is 16.6 Å². The third-order valence-corrected chi connectivity index (χ3v) is 5.26. The fourth-order valence-electron chi connectivity index (χ4n) is 3.60. The number of piperidine rings is 1. The van der Waals surface area contributed by atoms with Crippen molar-refractivity contribution < 1.29 is 4.79 Å². The zero-order valence-electron chi connectivity index (χ0n) is 15.1. The number of aromatic amines is 1. The third-order valence-electron chi connectivity index (χ3n) is 5.26. The van der Waals surface area contributed by atoms with Crippen molar-refractivity contribution in [2.75, 3.05) is 19.6 Å². The van der Waals surface area contributed by atoms with E-state index in [9.17, 15) is 4.79 Å². The molecule has 1 N–H and O–H groups in total. The highest BCUT2D eigenvalue weighted by molar-refractivity contribution is 5.88. The number of likely N-dealkylation sites (tertiary alicyclic amines) is 1. The second-order valence-corrected chi connectivity index (χ2v) is 7.40. The Morgan fingerprint density at radius 3 is 2.77 bits per heavy atom. The molecule has 2 aromatic heterocycles. The van der Waals surface area contributed by atoms with E-state index >= 15 is 0 Å². The van der Waals surface area contributed by atoms with Gasteiger partial charge in [-0.05, 0) is 54.9 Å². The van der Waals surface area contributed by atoms with E-state index in [1.54, 1.807) is 0 Å². The molecule has 1 aliphatic heterocycles. The number of hydrogen-bond donors (Lipinski definition) is 1. The summed E-state index contributed by atoms with van der Waals surface area (Å²) >= 11 is 0. The number of aromatic nitrogens is 3. The molecule has 5 nitrogen and oxygen atoms in total. The molecule has 134 valence electrons. The Balaban J connectivity index is 1.47. The Labute approximate surface area is 153 Å². The number of nitrogens with zero attached hydrogens (tertiary/aromatic N) is 3. The van der Waals surface area contributed by atoms with Gasteiger partial charge in [0.25, 0.3) is 0 Å². The van der Waals surface area contributed by atoms with Crippen LogP contribution in [0.2, 0.25) is 0 Å². The molecule has 1 saturated heterocycles. The van der Waals surface area contributed by atoms with Crippen molar-refractivity contribution in [3.8, 4) is 11.1 Å². The lowest BCUT2D eigenvalue weighted by molar-refractivity contribution is -0.119. The molecule has 3 heterocycles. The monoisotopic (exact) mass is 348 g/mol. The van der Waals surface area contributed by atoms with E-state index < -0.39 is 0 Å². The molecule has 3 aromatic rings. The summed E-state index contributed by atoms with van der Waals surface area (Å²) in [4.78, 5) is 19.2. The fraction of sp³-hybridized carbons (Fsp3) is 0.381. The molecule has 0 radical (unpaired) electrons. The van der Waals surface area contributed by atoms with Crippen LogP contribution in [0.4, 0.5) is 0 Å². The Morgan fingerprint density at radius 2 is 2.00 bits per heavy atom. The largest absolute Gasteiger partial charge is 0.298 e. The van der Waals surface area contributed by atoms with Gasteiger partial charge >= 0.3 is 0 Å². The van der Waals surface area contributed by atoms with Crippen molar-refractivity contribution in [3.63, 3.8) is 0 Å². The molecule has 0 spiro atoms. The van der Waals surface area contributed by atoms with Crippen molar-refractivity contribution in [2.24, 2.45) is 5.92 Å². The predicted octanol–water partition coefficient (Wildman–Crippen LogP) is 3.47. The molecular weight excluding hydrogens is 324 g/mol. The van der Waals surface area contributed by atoms with Gasteiger partial charge in [-0.3, -0.25) is 19.8 Å². The van der Waals surface area contributed by atoms with Crippen LogP contribution in [0, 0.1) is 5.92 Å². The van der Waals surface area contributed by atoms with Gasteiger partial charge in [0.15, 0.2) is 5.78 Å². The van der Waals surface area contributed by atoms with Gasteiger partial charge in [-0.2, -0.15) is 5.10 Å². The first kappa shape index (κ1) is 16.9. The number of H-pyrrole nitrogens is 1. The number of carbonyl (C=O) groups excluding carboxylic acids is 1. The minimum Gasteiger partial charge on any atom is -0.298 e. The van der Waals surface area contributed by atoms with Gasteiger partial charge in [0.2, 0.25) is 0 Å². The number of nitrogens with one attached hydrogen (secondary N) is 1. The lowest BCUT2D eigenvalue weighted by atomic mass is 9.99. The summed E-state index contributed by atoms with van der Waals surface area (Å²) in [5.74, 6) is 1.03. The van der Waals surface area contributed by atoms with Crippen LogP contribution >= 0.6 is 0 Å². The molecule has 5 heteroatoms. The summed E-state index contributed by atoms with van der Waals surface area (Å²) in [6, 6.07) is 8.29. The first-order valence-electron chi connectivity index (χ1n) is 9.29. The molecule has 0 saturated carbocycles. The number of benzene rings is 1. The first-order valence-corrected chi connectivity index (χ1v) is 9.29. The lowest BCUT2D eigenvalue weighted by Gasteiger charge is -2.29. The minimum absolute atomic E-state index is 0.248. The minimum atomic E-state index is 0.248. The Bertz CT molecular complexity index is 896. The molecule has 0 bridgehead atoms. The number of ketones is 1. The van der Waals surface area contributed by atoms with Crippen LogP contribution in [0.5, 0.6) is 0 Å². The van der Waals surface area contributed by atoms with E-state index in [4.69, 9.17) is 0 Å². The van der Waals surface area contributed by atoms with Crippen LogP contribution in [0.3, 0.4) is 0 Å². The number of hydrogen-bond acceptors (Lipinski definition) is 4. The molecule has 4 rings (SSSR count). The highest BCUT2D eigenvalue weighted by atomic mass is 16.1. The molecule has 1 aromatic carbocycles. The molecule has 0 amide bonds. The highest BCUT2D eigenvalue weighted by Gasteiger charge is 2.18. The smallest absolute Gasteiger partial charge is 0.152 e.